The van der Waals surface area contributed by atoms with E-state index < -0.39 is 18.0 Å². The molecule has 1 aliphatic heterocycles. The summed E-state index contributed by atoms with van der Waals surface area (Å²) in [7, 11) is 0. The van der Waals surface area contributed by atoms with Crippen molar-refractivity contribution in [2.24, 2.45) is 0 Å². The average molecular weight is 338 g/mol. The zero-order valence-corrected chi connectivity index (χ0v) is 13.7. The van der Waals surface area contributed by atoms with Crippen LogP contribution in [0.2, 0.25) is 0 Å². The van der Waals surface area contributed by atoms with Gasteiger partial charge < -0.3 is 20.5 Å². The molecule has 0 saturated carbocycles. The van der Waals surface area contributed by atoms with Crippen molar-refractivity contribution in [3.8, 4) is 5.75 Å². The van der Waals surface area contributed by atoms with Gasteiger partial charge in [-0.05, 0) is 30.2 Å². The molecular formula is C19H18N2O4. The Kier molecular flexibility index (Phi) is 4.70. The van der Waals surface area contributed by atoms with Crippen molar-refractivity contribution < 1.29 is 19.4 Å². The Balaban J connectivity index is 1.85. The summed E-state index contributed by atoms with van der Waals surface area (Å²) in [6.45, 7) is 1.78. The van der Waals surface area contributed by atoms with Crippen molar-refractivity contribution in [3.63, 3.8) is 0 Å². The highest BCUT2D eigenvalue weighted by atomic mass is 16.5. The number of allylic oxidation sites excluding steroid dienone is 1. The van der Waals surface area contributed by atoms with E-state index in [4.69, 9.17) is 4.74 Å². The van der Waals surface area contributed by atoms with Crippen LogP contribution in [0.1, 0.15) is 24.1 Å². The molecule has 0 fully saturated rings. The summed E-state index contributed by atoms with van der Waals surface area (Å²) in [4.78, 5) is 24.4. The maximum atomic E-state index is 12.6. The van der Waals surface area contributed by atoms with Crippen LogP contribution in [0, 0.1) is 0 Å². The summed E-state index contributed by atoms with van der Waals surface area (Å²) < 4.78 is 5.40. The topological polar surface area (TPSA) is 87.7 Å². The summed E-state index contributed by atoms with van der Waals surface area (Å²) in [6, 6.07) is 14.7. The number of carbonyl (C=O) groups excluding carboxylic acids is 2. The number of ether oxygens (including phenoxy) is 1. The van der Waals surface area contributed by atoms with Crippen LogP contribution < -0.4 is 10.6 Å². The fraction of sp³-hybridized carbons (Fsp3) is 0.158. The second kappa shape index (κ2) is 7.09. The van der Waals surface area contributed by atoms with Gasteiger partial charge in [-0.3, -0.25) is 0 Å². The van der Waals surface area contributed by atoms with Crippen molar-refractivity contribution in [3.05, 3.63) is 77.0 Å². The van der Waals surface area contributed by atoms with Gasteiger partial charge in [0.1, 0.15) is 12.4 Å². The van der Waals surface area contributed by atoms with E-state index in [1.54, 1.807) is 19.1 Å². The first-order valence-electron chi connectivity index (χ1n) is 7.83. The van der Waals surface area contributed by atoms with E-state index in [1.165, 1.54) is 12.1 Å². The minimum atomic E-state index is -0.691. The van der Waals surface area contributed by atoms with Gasteiger partial charge in [-0.2, -0.15) is 0 Å². The second-order valence-electron chi connectivity index (χ2n) is 5.73. The number of hydrogen-bond donors (Lipinski definition) is 3. The number of hydrogen-bond acceptors (Lipinski definition) is 4. The molecule has 128 valence electrons. The lowest BCUT2D eigenvalue weighted by Crippen LogP contribution is -2.45. The number of carbonyl (C=O) groups is 2. The highest BCUT2D eigenvalue weighted by molar-refractivity contribution is 5.95. The number of nitrogens with one attached hydrogen (secondary N) is 2. The Labute approximate surface area is 145 Å². The van der Waals surface area contributed by atoms with E-state index in [9.17, 15) is 14.7 Å². The third-order valence-electron chi connectivity index (χ3n) is 3.91. The molecule has 2 amide bonds. The summed E-state index contributed by atoms with van der Waals surface area (Å²) in [5.41, 5.74) is 2.20. The highest BCUT2D eigenvalue weighted by Crippen LogP contribution is 2.29. The minimum Gasteiger partial charge on any atom is -0.508 e. The van der Waals surface area contributed by atoms with E-state index in [0.29, 0.717) is 16.8 Å². The first kappa shape index (κ1) is 16.6. The van der Waals surface area contributed by atoms with Gasteiger partial charge >= 0.3 is 12.0 Å². The van der Waals surface area contributed by atoms with Crippen molar-refractivity contribution >= 4 is 12.0 Å². The van der Waals surface area contributed by atoms with Crippen LogP contribution in [0.3, 0.4) is 0 Å². The first-order valence-corrected chi connectivity index (χ1v) is 7.83. The largest absolute Gasteiger partial charge is 0.508 e. The molecule has 0 radical (unpaired) electrons. The summed E-state index contributed by atoms with van der Waals surface area (Å²) in [5, 5.41) is 15.0. The molecule has 0 unspecified atom stereocenters. The van der Waals surface area contributed by atoms with Crippen LogP contribution in [0.15, 0.2) is 65.9 Å². The molecule has 1 atom stereocenters. The van der Waals surface area contributed by atoms with E-state index in [2.05, 4.69) is 10.6 Å². The third-order valence-corrected chi connectivity index (χ3v) is 3.91. The van der Waals surface area contributed by atoms with Gasteiger partial charge in [0.15, 0.2) is 0 Å². The lowest BCUT2D eigenvalue weighted by Gasteiger charge is -2.28. The quantitative estimate of drug-likeness (QED) is 0.748. The number of esters is 1. The third kappa shape index (κ3) is 3.80. The van der Waals surface area contributed by atoms with Crippen molar-refractivity contribution in [1.29, 1.82) is 0 Å². The number of phenols is 1. The molecule has 1 aliphatic rings. The monoisotopic (exact) mass is 338 g/mol. The predicted molar refractivity (Wildman–Crippen MR) is 91.5 cm³/mol. The summed E-state index contributed by atoms with van der Waals surface area (Å²) >= 11 is 0. The van der Waals surface area contributed by atoms with Crippen molar-refractivity contribution in [2.75, 3.05) is 0 Å². The van der Waals surface area contributed by atoms with Crippen LogP contribution in [-0.4, -0.2) is 17.1 Å². The lowest BCUT2D eigenvalue weighted by molar-refractivity contribution is -0.140. The van der Waals surface area contributed by atoms with E-state index in [0.717, 1.165) is 5.56 Å². The molecule has 2 aromatic carbocycles. The predicted octanol–water partition coefficient (Wildman–Crippen LogP) is 2.76. The maximum absolute atomic E-state index is 12.6. The lowest BCUT2D eigenvalue weighted by atomic mass is 9.95. The van der Waals surface area contributed by atoms with Crippen LogP contribution >= 0.6 is 0 Å². The molecule has 0 aromatic heterocycles. The van der Waals surface area contributed by atoms with Gasteiger partial charge in [0.25, 0.3) is 0 Å². The zero-order valence-electron chi connectivity index (χ0n) is 13.7. The van der Waals surface area contributed by atoms with Crippen LogP contribution in [0.4, 0.5) is 4.79 Å². The van der Waals surface area contributed by atoms with Crippen LogP contribution in [0.5, 0.6) is 5.75 Å². The number of urea groups is 1. The maximum Gasteiger partial charge on any atom is 0.338 e. The molecule has 6 heteroatoms. The molecule has 2 aromatic rings. The van der Waals surface area contributed by atoms with Gasteiger partial charge in [-0.15, -0.1) is 0 Å². The summed E-state index contributed by atoms with van der Waals surface area (Å²) in [5.74, 6) is -0.470. The highest BCUT2D eigenvalue weighted by Gasteiger charge is 2.32. The molecule has 1 heterocycles. The fourth-order valence-electron chi connectivity index (χ4n) is 2.72. The molecule has 6 nitrogen and oxygen atoms in total. The number of aromatic hydroxyl groups is 1. The zero-order chi connectivity index (χ0) is 17.8. The van der Waals surface area contributed by atoms with Crippen molar-refractivity contribution in [2.45, 2.75) is 19.6 Å². The minimum absolute atomic E-state index is 0.0555. The smallest absolute Gasteiger partial charge is 0.338 e. The molecule has 3 N–H and O–H groups in total. The Morgan fingerprint density at radius 2 is 1.92 bits per heavy atom. The molecular weight excluding hydrogens is 320 g/mol. The number of rotatable bonds is 4. The van der Waals surface area contributed by atoms with E-state index in [-0.39, 0.29) is 12.4 Å². The Morgan fingerprint density at radius 3 is 2.64 bits per heavy atom. The molecule has 0 spiro atoms. The number of benzene rings is 2. The first-order chi connectivity index (χ1) is 12.0. The van der Waals surface area contributed by atoms with Crippen LogP contribution in [0.25, 0.3) is 0 Å². The second-order valence-corrected chi connectivity index (χ2v) is 5.73. The number of phenolic OH excluding ortho intramolecular Hbond substituents is 1. The van der Waals surface area contributed by atoms with Gasteiger partial charge in [0, 0.05) is 5.70 Å². The molecule has 0 aliphatic carbocycles. The summed E-state index contributed by atoms with van der Waals surface area (Å²) in [6.07, 6.45) is 0. The molecule has 0 saturated heterocycles. The number of amides is 2. The van der Waals surface area contributed by atoms with Gasteiger partial charge in [0.05, 0.1) is 11.6 Å². The Hall–Kier alpha value is -3.28. The molecule has 0 bridgehead atoms. The fourth-order valence-corrected chi connectivity index (χ4v) is 2.72. The van der Waals surface area contributed by atoms with E-state index in [1.807, 2.05) is 30.3 Å². The Bertz CT molecular complexity index is 830. The van der Waals surface area contributed by atoms with E-state index >= 15 is 0 Å². The Morgan fingerprint density at radius 1 is 1.16 bits per heavy atom. The van der Waals surface area contributed by atoms with Crippen molar-refractivity contribution in [1.82, 2.24) is 10.6 Å². The standard InChI is InChI=1S/C19H18N2O4/c1-12-16(18(23)25-11-13-6-3-2-4-7-13)17(21-19(24)20-12)14-8-5-9-15(22)10-14/h2-10,17,22H,11H2,1H3,(H2,20,21,24)/t17-/m1/s1. The average Bonchev–Trinajstić information content (AvgIpc) is 2.60. The van der Waals surface area contributed by atoms with Gasteiger partial charge in [0.2, 0.25) is 0 Å². The normalized spacial score (nSPS) is 16.8. The SMILES string of the molecule is CC1=C(C(=O)OCc2ccccc2)[C@@H](c2cccc(O)c2)NC(=O)N1. The molecule has 3 rings (SSSR count). The van der Waals surface area contributed by atoms with Gasteiger partial charge in [-0.25, -0.2) is 9.59 Å². The molecule has 25 heavy (non-hydrogen) atoms. The van der Waals surface area contributed by atoms with Crippen LogP contribution in [-0.2, 0) is 16.1 Å². The van der Waals surface area contributed by atoms with Gasteiger partial charge in [-0.1, -0.05) is 42.5 Å².